The van der Waals surface area contributed by atoms with Crippen molar-refractivity contribution in [3.63, 3.8) is 0 Å². The number of hydrogen-bond acceptors (Lipinski definition) is 4. The Balaban J connectivity index is 1.59. The van der Waals surface area contributed by atoms with E-state index >= 15 is 0 Å². The van der Waals surface area contributed by atoms with Crippen LogP contribution in [0.25, 0.3) is 10.8 Å². The Kier molecular flexibility index (Phi) is 4.81. The zero-order valence-electron chi connectivity index (χ0n) is 13.3. The Morgan fingerprint density at radius 2 is 1.88 bits per heavy atom. The number of benzene rings is 2. The highest BCUT2D eigenvalue weighted by molar-refractivity contribution is 5.88. The topological polar surface area (TPSA) is 66.4 Å². The van der Waals surface area contributed by atoms with Crippen LogP contribution in [-0.2, 0) is 4.79 Å². The van der Waals surface area contributed by atoms with Crippen molar-refractivity contribution in [2.24, 2.45) is 5.10 Å². The third-order valence-electron chi connectivity index (χ3n) is 3.59. The number of amides is 1. The number of fused-ring (bicyclic) bond motifs is 1. The van der Waals surface area contributed by atoms with Crippen molar-refractivity contribution in [2.45, 2.75) is 13.0 Å². The van der Waals surface area contributed by atoms with Crippen molar-refractivity contribution in [1.29, 1.82) is 0 Å². The zero-order valence-corrected chi connectivity index (χ0v) is 13.3. The van der Waals surface area contributed by atoms with E-state index in [0.29, 0.717) is 5.69 Å². The molecule has 1 amide bonds. The van der Waals surface area contributed by atoms with E-state index in [1.54, 1.807) is 13.1 Å². The molecule has 2 aromatic carbocycles. The minimum atomic E-state index is -0.410. The van der Waals surface area contributed by atoms with Gasteiger partial charge in [0.15, 0.2) is 0 Å². The fourth-order valence-electron chi connectivity index (χ4n) is 2.31. The SMILES string of the molecule is CC(Nc1ccc2ccccc2c1)C(=O)NN=Cc1ccccn1. The van der Waals surface area contributed by atoms with Crippen LogP contribution in [-0.4, -0.2) is 23.1 Å². The molecule has 24 heavy (non-hydrogen) atoms. The maximum Gasteiger partial charge on any atom is 0.262 e. The highest BCUT2D eigenvalue weighted by Crippen LogP contribution is 2.19. The molecule has 0 bridgehead atoms. The summed E-state index contributed by atoms with van der Waals surface area (Å²) in [5, 5.41) is 9.40. The molecule has 0 saturated carbocycles. The van der Waals surface area contributed by atoms with E-state index < -0.39 is 6.04 Å². The normalized spacial score (nSPS) is 12.2. The number of anilines is 1. The first kappa shape index (κ1) is 15.7. The fraction of sp³-hybridized carbons (Fsp3) is 0.105. The van der Waals surface area contributed by atoms with Crippen molar-refractivity contribution < 1.29 is 4.79 Å². The Hall–Kier alpha value is -3.21. The standard InChI is InChI=1S/C19H18N4O/c1-14(19(24)23-21-13-18-8-4-5-11-20-18)22-17-10-9-15-6-2-3-7-16(15)12-17/h2-14,22H,1H3,(H,23,24). The molecule has 0 aliphatic heterocycles. The molecular weight excluding hydrogens is 300 g/mol. The van der Waals surface area contributed by atoms with Gasteiger partial charge >= 0.3 is 0 Å². The van der Waals surface area contributed by atoms with E-state index in [1.807, 2.05) is 54.6 Å². The van der Waals surface area contributed by atoms with Crippen molar-refractivity contribution in [1.82, 2.24) is 10.4 Å². The van der Waals surface area contributed by atoms with Crippen LogP contribution in [0.15, 0.2) is 72.0 Å². The highest BCUT2D eigenvalue weighted by atomic mass is 16.2. The van der Waals surface area contributed by atoms with Gasteiger partial charge in [0, 0.05) is 11.9 Å². The third kappa shape index (κ3) is 3.95. The van der Waals surface area contributed by atoms with Gasteiger partial charge in [0.05, 0.1) is 11.9 Å². The molecule has 0 aliphatic rings. The number of nitrogens with zero attached hydrogens (tertiary/aromatic N) is 2. The second-order valence-electron chi connectivity index (χ2n) is 5.42. The molecule has 1 aromatic heterocycles. The van der Waals surface area contributed by atoms with E-state index in [-0.39, 0.29) is 5.91 Å². The molecule has 1 unspecified atom stereocenters. The maximum absolute atomic E-state index is 12.1. The van der Waals surface area contributed by atoms with Gasteiger partial charge in [-0.2, -0.15) is 5.10 Å². The molecule has 5 heteroatoms. The summed E-state index contributed by atoms with van der Waals surface area (Å²) in [7, 11) is 0. The summed E-state index contributed by atoms with van der Waals surface area (Å²) in [5.41, 5.74) is 4.10. The van der Waals surface area contributed by atoms with E-state index in [4.69, 9.17) is 0 Å². The lowest BCUT2D eigenvalue weighted by molar-refractivity contribution is -0.121. The summed E-state index contributed by atoms with van der Waals surface area (Å²) in [6.45, 7) is 1.79. The number of hydrazone groups is 1. The van der Waals surface area contributed by atoms with Crippen LogP contribution < -0.4 is 10.7 Å². The van der Waals surface area contributed by atoms with Crippen LogP contribution in [0.1, 0.15) is 12.6 Å². The predicted molar refractivity (Wildman–Crippen MR) is 97.0 cm³/mol. The summed E-state index contributed by atoms with van der Waals surface area (Å²) < 4.78 is 0. The molecule has 1 atom stereocenters. The summed E-state index contributed by atoms with van der Waals surface area (Å²) in [6.07, 6.45) is 3.19. The first-order chi connectivity index (χ1) is 11.7. The molecule has 0 aliphatic carbocycles. The molecule has 120 valence electrons. The van der Waals surface area contributed by atoms with Crippen molar-refractivity contribution in [3.05, 3.63) is 72.6 Å². The van der Waals surface area contributed by atoms with Crippen LogP contribution in [0.3, 0.4) is 0 Å². The monoisotopic (exact) mass is 318 g/mol. The largest absolute Gasteiger partial charge is 0.374 e. The minimum absolute atomic E-state index is 0.213. The van der Waals surface area contributed by atoms with Gasteiger partial charge in [-0.1, -0.05) is 36.4 Å². The molecule has 3 rings (SSSR count). The Morgan fingerprint density at radius 3 is 2.67 bits per heavy atom. The number of aromatic nitrogens is 1. The molecule has 0 fully saturated rings. The Bertz CT molecular complexity index is 861. The number of carbonyl (C=O) groups excluding carboxylic acids is 1. The lowest BCUT2D eigenvalue weighted by Gasteiger charge is -2.14. The summed E-state index contributed by atoms with van der Waals surface area (Å²) in [4.78, 5) is 16.2. The zero-order chi connectivity index (χ0) is 16.8. The molecule has 0 saturated heterocycles. The lowest BCUT2D eigenvalue weighted by Crippen LogP contribution is -2.34. The molecule has 0 spiro atoms. The van der Waals surface area contributed by atoms with Crippen LogP contribution in [0, 0.1) is 0 Å². The van der Waals surface area contributed by atoms with E-state index in [9.17, 15) is 4.79 Å². The maximum atomic E-state index is 12.1. The first-order valence-corrected chi connectivity index (χ1v) is 7.72. The highest BCUT2D eigenvalue weighted by Gasteiger charge is 2.11. The van der Waals surface area contributed by atoms with Gasteiger partial charge in [0.25, 0.3) is 5.91 Å². The summed E-state index contributed by atoms with van der Waals surface area (Å²) >= 11 is 0. The summed E-state index contributed by atoms with van der Waals surface area (Å²) in [5.74, 6) is -0.213. The quantitative estimate of drug-likeness (QED) is 0.561. The Labute approximate surface area is 140 Å². The lowest BCUT2D eigenvalue weighted by atomic mass is 10.1. The second-order valence-corrected chi connectivity index (χ2v) is 5.42. The van der Waals surface area contributed by atoms with Gasteiger partial charge in [0.1, 0.15) is 6.04 Å². The van der Waals surface area contributed by atoms with Crippen molar-refractivity contribution >= 4 is 28.6 Å². The fourth-order valence-corrected chi connectivity index (χ4v) is 2.31. The molecule has 1 heterocycles. The predicted octanol–water partition coefficient (Wildman–Crippen LogP) is 3.19. The van der Waals surface area contributed by atoms with E-state index in [1.165, 1.54) is 11.6 Å². The molecule has 3 aromatic rings. The number of nitrogens with one attached hydrogen (secondary N) is 2. The van der Waals surface area contributed by atoms with Gasteiger partial charge in [-0.05, 0) is 42.0 Å². The number of carbonyl (C=O) groups is 1. The number of pyridine rings is 1. The molecular formula is C19H18N4O. The van der Waals surface area contributed by atoms with E-state index in [0.717, 1.165) is 11.1 Å². The van der Waals surface area contributed by atoms with E-state index in [2.05, 4.69) is 26.9 Å². The van der Waals surface area contributed by atoms with Crippen LogP contribution in [0.2, 0.25) is 0 Å². The Morgan fingerprint density at radius 1 is 1.08 bits per heavy atom. The first-order valence-electron chi connectivity index (χ1n) is 7.72. The second kappa shape index (κ2) is 7.37. The van der Waals surface area contributed by atoms with Gasteiger partial charge < -0.3 is 5.32 Å². The number of rotatable bonds is 5. The molecule has 0 radical (unpaired) electrons. The third-order valence-corrected chi connectivity index (χ3v) is 3.59. The molecule has 2 N–H and O–H groups in total. The smallest absolute Gasteiger partial charge is 0.262 e. The van der Waals surface area contributed by atoms with Gasteiger partial charge in [-0.25, -0.2) is 5.43 Å². The minimum Gasteiger partial charge on any atom is -0.374 e. The van der Waals surface area contributed by atoms with Gasteiger partial charge in [0.2, 0.25) is 0 Å². The van der Waals surface area contributed by atoms with Crippen LogP contribution in [0.4, 0.5) is 5.69 Å². The average Bonchev–Trinajstić information content (AvgIpc) is 2.62. The van der Waals surface area contributed by atoms with Gasteiger partial charge in [-0.15, -0.1) is 0 Å². The number of hydrogen-bond donors (Lipinski definition) is 2. The molecule has 5 nitrogen and oxygen atoms in total. The van der Waals surface area contributed by atoms with Crippen LogP contribution >= 0.6 is 0 Å². The van der Waals surface area contributed by atoms with Crippen LogP contribution in [0.5, 0.6) is 0 Å². The summed E-state index contributed by atoms with van der Waals surface area (Å²) in [6, 6.07) is 19.2. The average molecular weight is 318 g/mol. The van der Waals surface area contributed by atoms with Crippen molar-refractivity contribution in [2.75, 3.05) is 5.32 Å². The van der Waals surface area contributed by atoms with Crippen molar-refractivity contribution in [3.8, 4) is 0 Å². The van der Waals surface area contributed by atoms with Gasteiger partial charge in [-0.3, -0.25) is 9.78 Å².